The molecule has 1 unspecified atom stereocenters. The van der Waals surface area contributed by atoms with Gasteiger partial charge in [-0.05, 0) is 34.4 Å². The van der Waals surface area contributed by atoms with Gasteiger partial charge in [-0.25, -0.2) is 0 Å². The number of allylic oxidation sites excluding steroid dienone is 1. The Kier molecular flexibility index (Phi) is 5.65. The maximum atomic E-state index is 12.4. The highest BCUT2D eigenvalue weighted by molar-refractivity contribution is 8.03. The Balaban J connectivity index is 1.46. The summed E-state index contributed by atoms with van der Waals surface area (Å²) in [5.41, 5.74) is 1.23. The number of nitrogens with one attached hydrogen (secondary N) is 2. The molecule has 1 aliphatic heterocycles. The Morgan fingerprint density at radius 2 is 2.03 bits per heavy atom. The first-order valence-corrected chi connectivity index (χ1v) is 10.9. The number of thiophene rings is 1. The number of fused-ring (bicyclic) bond motifs is 1. The monoisotopic (exact) mass is 419 g/mol. The van der Waals surface area contributed by atoms with Gasteiger partial charge in [0.05, 0.1) is 22.4 Å². The summed E-state index contributed by atoms with van der Waals surface area (Å²) in [6.07, 6.45) is 0.247. The predicted octanol–water partition coefficient (Wildman–Crippen LogP) is 4.61. The number of nitriles is 1. The Morgan fingerprint density at radius 1 is 1.21 bits per heavy atom. The Labute approximate surface area is 176 Å². The molecule has 0 spiro atoms. The van der Waals surface area contributed by atoms with Gasteiger partial charge >= 0.3 is 0 Å². The van der Waals surface area contributed by atoms with E-state index in [4.69, 9.17) is 0 Å². The fourth-order valence-electron chi connectivity index (χ4n) is 3.27. The molecule has 0 saturated heterocycles. The van der Waals surface area contributed by atoms with E-state index in [1.807, 2.05) is 60.0 Å². The van der Waals surface area contributed by atoms with E-state index in [0.717, 1.165) is 15.6 Å². The second kappa shape index (κ2) is 8.52. The van der Waals surface area contributed by atoms with Gasteiger partial charge < -0.3 is 10.6 Å². The highest BCUT2D eigenvalue weighted by Gasteiger charge is 2.30. The maximum absolute atomic E-state index is 12.4. The SMILES string of the molecule is N#CC1=C(SCC(=O)Nc2ccc3ccccc3c2)NC(=O)CC1c1cccs1. The molecule has 1 atom stereocenters. The molecule has 1 aliphatic rings. The van der Waals surface area contributed by atoms with Crippen molar-refractivity contribution < 1.29 is 9.59 Å². The molecule has 1 aromatic heterocycles. The van der Waals surface area contributed by atoms with E-state index in [2.05, 4.69) is 16.7 Å². The van der Waals surface area contributed by atoms with Crippen LogP contribution in [-0.2, 0) is 9.59 Å². The van der Waals surface area contributed by atoms with Crippen molar-refractivity contribution in [1.29, 1.82) is 5.26 Å². The van der Waals surface area contributed by atoms with Crippen molar-refractivity contribution in [3.63, 3.8) is 0 Å². The van der Waals surface area contributed by atoms with Crippen molar-refractivity contribution in [1.82, 2.24) is 5.32 Å². The molecular weight excluding hydrogens is 402 g/mol. The van der Waals surface area contributed by atoms with Gasteiger partial charge in [-0.15, -0.1) is 11.3 Å². The van der Waals surface area contributed by atoms with E-state index >= 15 is 0 Å². The smallest absolute Gasteiger partial charge is 0.234 e. The van der Waals surface area contributed by atoms with Crippen molar-refractivity contribution >= 4 is 51.4 Å². The zero-order chi connectivity index (χ0) is 20.2. The average Bonchev–Trinajstić information content (AvgIpc) is 3.26. The summed E-state index contributed by atoms with van der Waals surface area (Å²) in [4.78, 5) is 25.5. The Bertz CT molecular complexity index is 1150. The van der Waals surface area contributed by atoms with Crippen LogP contribution in [0.3, 0.4) is 0 Å². The van der Waals surface area contributed by atoms with E-state index in [1.54, 1.807) is 0 Å². The lowest BCUT2D eigenvalue weighted by Gasteiger charge is -2.23. The quantitative estimate of drug-likeness (QED) is 0.633. The largest absolute Gasteiger partial charge is 0.325 e. The first kappa shape index (κ1) is 19.2. The molecule has 144 valence electrons. The molecule has 0 bridgehead atoms. The van der Waals surface area contributed by atoms with Gasteiger partial charge in [-0.1, -0.05) is 48.2 Å². The van der Waals surface area contributed by atoms with E-state index < -0.39 is 0 Å². The lowest BCUT2D eigenvalue weighted by atomic mass is 9.93. The molecule has 0 radical (unpaired) electrons. The van der Waals surface area contributed by atoms with Gasteiger partial charge in [0.2, 0.25) is 11.8 Å². The fraction of sp³-hybridized carbons (Fsp3) is 0.136. The molecule has 2 N–H and O–H groups in total. The summed E-state index contributed by atoms with van der Waals surface area (Å²) in [5, 5.41) is 19.8. The minimum absolute atomic E-state index is 0.102. The number of benzene rings is 2. The van der Waals surface area contributed by atoms with Crippen LogP contribution < -0.4 is 10.6 Å². The average molecular weight is 420 g/mol. The zero-order valence-corrected chi connectivity index (χ0v) is 17.0. The number of carbonyl (C=O) groups excluding carboxylic acids is 2. The third-order valence-corrected chi connectivity index (χ3v) is 6.63. The van der Waals surface area contributed by atoms with Gasteiger partial charge in [-0.3, -0.25) is 9.59 Å². The number of carbonyl (C=O) groups is 2. The van der Waals surface area contributed by atoms with Gasteiger partial charge in [0.25, 0.3) is 0 Å². The summed E-state index contributed by atoms with van der Waals surface area (Å²) in [6.45, 7) is 0. The number of nitrogens with zero attached hydrogens (tertiary/aromatic N) is 1. The van der Waals surface area contributed by atoms with Crippen molar-refractivity contribution in [2.75, 3.05) is 11.1 Å². The summed E-state index contributed by atoms with van der Waals surface area (Å²) < 4.78 is 0. The van der Waals surface area contributed by atoms with Crippen LogP contribution in [-0.4, -0.2) is 17.6 Å². The topological polar surface area (TPSA) is 82.0 Å². The molecule has 2 amide bonds. The van der Waals surface area contributed by atoms with Crippen LogP contribution in [0.4, 0.5) is 5.69 Å². The predicted molar refractivity (Wildman–Crippen MR) is 117 cm³/mol. The summed E-state index contributed by atoms with van der Waals surface area (Å²) >= 11 is 2.71. The number of hydrogen-bond acceptors (Lipinski definition) is 5. The Morgan fingerprint density at radius 3 is 2.79 bits per heavy atom. The summed E-state index contributed by atoms with van der Waals surface area (Å²) in [5.74, 6) is -0.479. The molecule has 4 rings (SSSR count). The van der Waals surface area contributed by atoms with Crippen molar-refractivity contribution in [3.05, 3.63) is 75.5 Å². The molecule has 5 nitrogen and oxygen atoms in total. The standard InChI is InChI=1S/C22H17N3O2S2/c23-12-18-17(19-6-3-9-28-19)11-20(26)25-22(18)29-13-21(27)24-16-8-7-14-4-1-2-5-15(14)10-16/h1-10,17H,11,13H2,(H,24,27)(H,25,26). The van der Waals surface area contributed by atoms with Crippen molar-refractivity contribution in [3.8, 4) is 6.07 Å². The highest BCUT2D eigenvalue weighted by Crippen LogP contribution is 2.37. The van der Waals surface area contributed by atoms with Crippen LogP contribution in [0.2, 0.25) is 0 Å². The lowest BCUT2D eigenvalue weighted by molar-refractivity contribution is -0.121. The number of anilines is 1. The third-order valence-electron chi connectivity index (χ3n) is 4.62. The first-order chi connectivity index (χ1) is 14.1. The molecular formula is C22H17N3O2S2. The van der Waals surface area contributed by atoms with Crippen LogP contribution in [0.1, 0.15) is 17.2 Å². The normalized spacial score (nSPS) is 16.4. The zero-order valence-electron chi connectivity index (χ0n) is 15.3. The summed E-state index contributed by atoms with van der Waals surface area (Å²) in [6, 6.07) is 19.7. The molecule has 3 aromatic rings. The van der Waals surface area contributed by atoms with Gasteiger partial charge in [0, 0.05) is 22.9 Å². The van der Waals surface area contributed by atoms with E-state index in [1.165, 1.54) is 23.1 Å². The Hall–Kier alpha value is -3.08. The van der Waals surface area contributed by atoms with Crippen LogP contribution >= 0.6 is 23.1 Å². The first-order valence-electron chi connectivity index (χ1n) is 9.03. The molecule has 2 aromatic carbocycles. The van der Waals surface area contributed by atoms with E-state index in [0.29, 0.717) is 16.3 Å². The molecule has 2 heterocycles. The van der Waals surface area contributed by atoms with Crippen LogP contribution in [0, 0.1) is 11.3 Å². The number of hydrogen-bond donors (Lipinski definition) is 2. The molecule has 0 fully saturated rings. The van der Waals surface area contributed by atoms with Crippen LogP contribution in [0.25, 0.3) is 10.8 Å². The number of amides is 2. The van der Waals surface area contributed by atoms with E-state index in [9.17, 15) is 14.9 Å². The number of rotatable bonds is 5. The molecule has 0 saturated carbocycles. The molecule has 29 heavy (non-hydrogen) atoms. The third kappa shape index (κ3) is 4.34. The fourth-order valence-corrected chi connectivity index (χ4v) is 4.98. The van der Waals surface area contributed by atoms with Gasteiger partial charge in [0.1, 0.15) is 0 Å². The minimum Gasteiger partial charge on any atom is -0.325 e. The second-order valence-electron chi connectivity index (χ2n) is 6.57. The van der Waals surface area contributed by atoms with Gasteiger partial charge in [0.15, 0.2) is 0 Å². The van der Waals surface area contributed by atoms with Crippen LogP contribution in [0.5, 0.6) is 0 Å². The molecule has 0 aliphatic carbocycles. The van der Waals surface area contributed by atoms with Crippen molar-refractivity contribution in [2.45, 2.75) is 12.3 Å². The van der Waals surface area contributed by atoms with Crippen molar-refractivity contribution in [2.24, 2.45) is 0 Å². The minimum atomic E-state index is -0.250. The maximum Gasteiger partial charge on any atom is 0.234 e. The number of thioether (sulfide) groups is 1. The summed E-state index contributed by atoms with van der Waals surface area (Å²) in [7, 11) is 0. The highest BCUT2D eigenvalue weighted by atomic mass is 32.2. The van der Waals surface area contributed by atoms with Crippen LogP contribution in [0.15, 0.2) is 70.6 Å². The van der Waals surface area contributed by atoms with E-state index in [-0.39, 0.29) is 29.9 Å². The second-order valence-corrected chi connectivity index (χ2v) is 8.54. The lowest BCUT2D eigenvalue weighted by Crippen LogP contribution is -2.31. The molecule has 7 heteroatoms. The van der Waals surface area contributed by atoms with Gasteiger partial charge in [-0.2, -0.15) is 5.26 Å².